The summed E-state index contributed by atoms with van der Waals surface area (Å²) >= 11 is 0. The van der Waals surface area contributed by atoms with E-state index in [1.807, 2.05) is 24.3 Å². The summed E-state index contributed by atoms with van der Waals surface area (Å²) in [4.78, 5) is 35.3. The minimum atomic E-state index is -0.528. The normalized spacial score (nSPS) is 20.0. The van der Waals surface area contributed by atoms with Gasteiger partial charge in [0.25, 0.3) is 0 Å². The highest BCUT2D eigenvalue weighted by atomic mass is 16.5. The predicted molar refractivity (Wildman–Crippen MR) is 72.7 cm³/mol. The van der Waals surface area contributed by atoms with Crippen LogP contribution in [0.1, 0.15) is 5.56 Å². The van der Waals surface area contributed by atoms with Gasteiger partial charge in [0.05, 0.1) is 6.54 Å². The van der Waals surface area contributed by atoms with E-state index in [-0.39, 0.29) is 31.0 Å². The highest BCUT2D eigenvalue weighted by molar-refractivity contribution is 6.03. The first-order chi connectivity index (χ1) is 10.1. The van der Waals surface area contributed by atoms with Crippen LogP contribution in [0.5, 0.6) is 5.75 Å². The molecule has 1 saturated heterocycles. The third-order valence-electron chi connectivity index (χ3n) is 3.44. The molecule has 0 spiro atoms. The van der Waals surface area contributed by atoms with Crippen molar-refractivity contribution in [3.8, 4) is 5.75 Å². The average molecular weight is 289 g/mol. The van der Waals surface area contributed by atoms with Crippen LogP contribution in [-0.2, 0) is 16.0 Å². The lowest BCUT2D eigenvalue weighted by Crippen LogP contribution is -2.42. The van der Waals surface area contributed by atoms with E-state index in [9.17, 15) is 14.4 Å². The van der Waals surface area contributed by atoms with Crippen LogP contribution in [-0.4, -0.2) is 48.5 Å². The number of benzene rings is 1. The quantitative estimate of drug-likeness (QED) is 0.742. The number of imide groups is 1. The standard InChI is InChI=1S/C14H15N3O4/c18-12(7-17-8-13(19)16-14(17)20)15-6-10-5-9-3-1-2-4-11(9)21-10/h1-4,10H,5-8H2,(H,15,18)(H,16,19,20)/t10-/m1/s1. The molecule has 3 rings (SSSR count). The molecular formula is C14H15N3O4. The topological polar surface area (TPSA) is 87.7 Å². The Morgan fingerprint density at radius 2 is 2.19 bits per heavy atom. The van der Waals surface area contributed by atoms with Crippen molar-refractivity contribution in [1.29, 1.82) is 0 Å². The molecule has 1 aromatic carbocycles. The maximum absolute atomic E-state index is 11.8. The monoisotopic (exact) mass is 289 g/mol. The largest absolute Gasteiger partial charge is 0.488 e. The van der Waals surface area contributed by atoms with E-state index in [0.717, 1.165) is 17.7 Å². The number of nitrogens with zero attached hydrogens (tertiary/aromatic N) is 1. The highest BCUT2D eigenvalue weighted by Gasteiger charge is 2.29. The van der Waals surface area contributed by atoms with Crippen LogP contribution in [0.15, 0.2) is 24.3 Å². The number of carbonyl (C=O) groups excluding carboxylic acids is 3. The Morgan fingerprint density at radius 3 is 2.90 bits per heavy atom. The molecule has 7 nitrogen and oxygen atoms in total. The van der Waals surface area contributed by atoms with Gasteiger partial charge in [0, 0.05) is 6.42 Å². The van der Waals surface area contributed by atoms with Gasteiger partial charge in [-0.3, -0.25) is 14.9 Å². The summed E-state index contributed by atoms with van der Waals surface area (Å²) in [6.07, 6.45) is 0.652. The molecule has 2 N–H and O–H groups in total. The van der Waals surface area contributed by atoms with Gasteiger partial charge in [-0.05, 0) is 11.6 Å². The van der Waals surface area contributed by atoms with Crippen molar-refractivity contribution in [2.24, 2.45) is 0 Å². The molecule has 1 fully saturated rings. The van der Waals surface area contributed by atoms with Gasteiger partial charge in [-0.25, -0.2) is 4.79 Å². The number of ether oxygens (including phenoxy) is 1. The molecule has 21 heavy (non-hydrogen) atoms. The Morgan fingerprint density at radius 1 is 1.38 bits per heavy atom. The lowest BCUT2D eigenvalue weighted by molar-refractivity contribution is -0.122. The Hall–Kier alpha value is -2.57. The summed E-state index contributed by atoms with van der Waals surface area (Å²) < 4.78 is 5.70. The van der Waals surface area contributed by atoms with Crippen LogP contribution in [0.2, 0.25) is 0 Å². The lowest BCUT2D eigenvalue weighted by Gasteiger charge is -2.15. The fourth-order valence-electron chi connectivity index (χ4n) is 2.44. The highest BCUT2D eigenvalue weighted by Crippen LogP contribution is 2.27. The van der Waals surface area contributed by atoms with Gasteiger partial charge >= 0.3 is 6.03 Å². The van der Waals surface area contributed by atoms with E-state index >= 15 is 0 Å². The van der Waals surface area contributed by atoms with Gasteiger partial charge in [-0.2, -0.15) is 0 Å². The number of urea groups is 1. The maximum Gasteiger partial charge on any atom is 0.325 e. The minimum Gasteiger partial charge on any atom is -0.488 e. The van der Waals surface area contributed by atoms with Crippen LogP contribution >= 0.6 is 0 Å². The summed E-state index contributed by atoms with van der Waals surface area (Å²) in [5.74, 6) is 0.156. The first kappa shape index (κ1) is 13.4. The summed E-state index contributed by atoms with van der Waals surface area (Å²) in [7, 11) is 0. The summed E-state index contributed by atoms with van der Waals surface area (Å²) in [6, 6.07) is 7.23. The Bertz CT molecular complexity index is 577. The fourth-order valence-corrected chi connectivity index (χ4v) is 2.44. The summed E-state index contributed by atoms with van der Waals surface area (Å²) in [6.45, 7) is 0.172. The van der Waals surface area contributed by atoms with Crippen molar-refractivity contribution in [2.45, 2.75) is 12.5 Å². The number of rotatable bonds is 4. The van der Waals surface area contributed by atoms with Gasteiger partial charge in [0.1, 0.15) is 24.9 Å². The Labute approximate surface area is 121 Å². The van der Waals surface area contributed by atoms with Crippen LogP contribution < -0.4 is 15.4 Å². The molecule has 2 heterocycles. The molecule has 1 atom stereocenters. The fraction of sp³-hybridized carbons (Fsp3) is 0.357. The zero-order valence-corrected chi connectivity index (χ0v) is 11.3. The van der Waals surface area contributed by atoms with Gasteiger partial charge < -0.3 is 15.0 Å². The van der Waals surface area contributed by atoms with Gasteiger partial charge in [-0.15, -0.1) is 0 Å². The van der Waals surface area contributed by atoms with Crippen molar-refractivity contribution in [2.75, 3.05) is 19.6 Å². The van der Waals surface area contributed by atoms with Gasteiger partial charge in [0.15, 0.2) is 0 Å². The Balaban J connectivity index is 1.45. The number of nitrogens with one attached hydrogen (secondary N) is 2. The van der Waals surface area contributed by atoms with E-state index in [0.29, 0.717) is 6.54 Å². The van der Waals surface area contributed by atoms with E-state index in [1.165, 1.54) is 4.90 Å². The van der Waals surface area contributed by atoms with Crippen LogP contribution in [0.3, 0.4) is 0 Å². The molecule has 0 unspecified atom stereocenters. The SMILES string of the molecule is O=C(CN1CC(=O)NC1=O)NC[C@H]1Cc2ccccc2O1. The van der Waals surface area contributed by atoms with E-state index < -0.39 is 6.03 Å². The van der Waals surface area contributed by atoms with E-state index in [1.54, 1.807) is 0 Å². The Kier molecular flexibility index (Phi) is 3.47. The second kappa shape index (κ2) is 5.43. The zero-order valence-electron chi connectivity index (χ0n) is 11.3. The number of para-hydroxylation sites is 1. The van der Waals surface area contributed by atoms with Crippen molar-refractivity contribution in [3.05, 3.63) is 29.8 Å². The summed E-state index contributed by atoms with van der Waals surface area (Å²) in [5.41, 5.74) is 1.13. The molecule has 0 saturated carbocycles. The smallest absolute Gasteiger partial charge is 0.325 e. The predicted octanol–water partition coefficient (Wildman–Crippen LogP) is -0.342. The van der Waals surface area contributed by atoms with Gasteiger partial charge in [0.2, 0.25) is 11.8 Å². The van der Waals surface area contributed by atoms with Crippen molar-refractivity contribution in [3.63, 3.8) is 0 Å². The average Bonchev–Trinajstić information content (AvgIpc) is 2.99. The molecule has 7 heteroatoms. The lowest BCUT2D eigenvalue weighted by atomic mass is 10.1. The molecule has 0 bridgehead atoms. The number of carbonyl (C=O) groups is 3. The van der Waals surface area contributed by atoms with Crippen molar-refractivity contribution >= 4 is 17.8 Å². The molecule has 0 radical (unpaired) electrons. The molecule has 0 aromatic heterocycles. The number of fused-ring (bicyclic) bond motifs is 1. The van der Waals surface area contributed by atoms with Crippen LogP contribution in [0, 0.1) is 0 Å². The molecule has 2 aliphatic heterocycles. The third-order valence-corrected chi connectivity index (χ3v) is 3.44. The second-order valence-corrected chi connectivity index (χ2v) is 5.07. The first-order valence-electron chi connectivity index (χ1n) is 6.72. The number of hydrogen-bond acceptors (Lipinski definition) is 4. The summed E-state index contributed by atoms with van der Waals surface area (Å²) in [5, 5.41) is 4.85. The van der Waals surface area contributed by atoms with Crippen LogP contribution in [0.25, 0.3) is 0 Å². The molecule has 2 aliphatic rings. The molecule has 4 amide bonds. The second-order valence-electron chi connectivity index (χ2n) is 5.07. The van der Waals surface area contributed by atoms with Crippen molar-refractivity contribution < 1.29 is 19.1 Å². The van der Waals surface area contributed by atoms with Crippen molar-refractivity contribution in [1.82, 2.24) is 15.5 Å². The maximum atomic E-state index is 11.8. The van der Waals surface area contributed by atoms with E-state index in [4.69, 9.17) is 4.74 Å². The van der Waals surface area contributed by atoms with E-state index in [2.05, 4.69) is 10.6 Å². The molecule has 1 aromatic rings. The number of amides is 4. The molecule has 0 aliphatic carbocycles. The third kappa shape index (κ3) is 2.96. The zero-order chi connectivity index (χ0) is 14.8. The number of hydrogen-bond donors (Lipinski definition) is 2. The molecular weight excluding hydrogens is 274 g/mol. The van der Waals surface area contributed by atoms with Gasteiger partial charge in [-0.1, -0.05) is 18.2 Å². The minimum absolute atomic E-state index is 0.0718. The first-order valence-corrected chi connectivity index (χ1v) is 6.72. The molecule has 110 valence electrons. The van der Waals surface area contributed by atoms with Crippen LogP contribution in [0.4, 0.5) is 4.79 Å².